The Morgan fingerprint density at radius 1 is 1.26 bits per heavy atom. The van der Waals surface area contributed by atoms with E-state index in [2.05, 4.69) is 0 Å². The van der Waals surface area contributed by atoms with Gasteiger partial charge in [-0.2, -0.15) is 0 Å². The molecular weight excluding hydrogens is 240 g/mol. The fraction of sp³-hybridized carbons (Fsp3) is 0.562. The van der Waals surface area contributed by atoms with Crippen molar-refractivity contribution in [1.29, 1.82) is 0 Å². The smallest absolute Gasteiger partial charge is 0.307 e. The van der Waals surface area contributed by atoms with E-state index in [-0.39, 0.29) is 6.42 Å². The van der Waals surface area contributed by atoms with Gasteiger partial charge in [-0.1, -0.05) is 38.3 Å². The van der Waals surface area contributed by atoms with Crippen molar-refractivity contribution >= 4 is 5.97 Å². The van der Waals surface area contributed by atoms with E-state index in [0.29, 0.717) is 11.7 Å². The second kappa shape index (κ2) is 6.09. The predicted molar refractivity (Wildman–Crippen MR) is 74.7 cm³/mol. The third kappa shape index (κ3) is 3.28. The average molecular weight is 262 g/mol. The standard InChI is InChI=1S/C16H22O3/c1-2-12-8-11(10-15(17)18)9-14(16(12)19)13-6-4-3-5-7-13/h8-9,13,19H,2-7,10H2,1H3,(H,17,18). The summed E-state index contributed by atoms with van der Waals surface area (Å²) in [5, 5.41) is 19.3. The first-order chi connectivity index (χ1) is 9.11. The van der Waals surface area contributed by atoms with Gasteiger partial charge >= 0.3 is 5.97 Å². The van der Waals surface area contributed by atoms with Gasteiger partial charge in [0.15, 0.2) is 0 Å². The van der Waals surface area contributed by atoms with Gasteiger partial charge in [-0.25, -0.2) is 0 Å². The summed E-state index contributed by atoms with van der Waals surface area (Å²) in [6.07, 6.45) is 6.66. The van der Waals surface area contributed by atoms with Crippen LogP contribution in [0.1, 0.15) is 61.6 Å². The van der Waals surface area contributed by atoms with E-state index in [0.717, 1.165) is 36.0 Å². The number of rotatable bonds is 4. The van der Waals surface area contributed by atoms with Gasteiger partial charge in [-0.05, 0) is 41.9 Å². The molecule has 0 amide bonds. The van der Waals surface area contributed by atoms with Crippen molar-refractivity contribution in [3.63, 3.8) is 0 Å². The SMILES string of the molecule is CCc1cc(CC(=O)O)cc(C2CCCCC2)c1O. The highest BCUT2D eigenvalue weighted by Crippen LogP contribution is 2.39. The number of carboxylic acid groups (broad SMARTS) is 1. The largest absolute Gasteiger partial charge is 0.507 e. The Kier molecular flexibility index (Phi) is 4.46. The van der Waals surface area contributed by atoms with Crippen molar-refractivity contribution in [2.45, 2.75) is 57.8 Å². The molecule has 3 heteroatoms. The van der Waals surface area contributed by atoms with Crippen LogP contribution < -0.4 is 0 Å². The van der Waals surface area contributed by atoms with Crippen LogP contribution in [-0.2, 0) is 17.6 Å². The Morgan fingerprint density at radius 2 is 1.95 bits per heavy atom. The van der Waals surface area contributed by atoms with Gasteiger partial charge in [-0.3, -0.25) is 4.79 Å². The van der Waals surface area contributed by atoms with Gasteiger partial charge < -0.3 is 10.2 Å². The molecule has 0 radical (unpaired) electrons. The lowest BCUT2D eigenvalue weighted by Crippen LogP contribution is -2.08. The number of phenolic OH excluding ortho intramolecular Hbond substituents is 1. The summed E-state index contributed by atoms with van der Waals surface area (Å²) >= 11 is 0. The van der Waals surface area contributed by atoms with Crippen molar-refractivity contribution < 1.29 is 15.0 Å². The molecule has 0 aliphatic heterocycles. The second-order valence-electron chi connectivity index (χ2n) is 5.45. The lowest BCUT2D eigenvalue weighted by Gasteiger charge is -2.24. The second-order valence-corrected chi connectivity index (χ2v) is 5.45. The van der Waals surface area contributed by atoms with E-state index in [1.54, 1.807) is 0 Å². The maximum atomic E-state index is 10.9. The summed E-state index contributed by atoms with van der Waals surface area (Å²) in [7, 11) is 0. The maximum Gasteiger partial charge on any atom is 0.307 e. The minimum Gasteiger partial charge on any atom is -0.507 e. The van der Waals surface area contributed by atoms with Crippen molar-refractivity contribution in [1.82, 2.24) is 0 Å². The van der Waals surface area contributed by atoms with E-state index in [9.17, 15) is 9.90 Å². The van der Waals surface area contributed by atoms with Crippen molar-refractivity contribution in [3.05, 3.63) is 28.8 Å². The van der Waals surface area contributed by atoms with Gasteiger partial charge in [0.1, 0.15) is 5.75 Å². The van der Waals surface area contributed by atoms with E-state index in [4.69, 9.17) is 5.11 Å². The van der Waals surface area contributed by atoms with Gasteiger partial charge in [0.05, 0.1) is 6.42 Å². The normalized spacial score (nSPS) is 16.5. The molecule has 2 N–H and O–H groups in total. The molecule has 1 aliphatic carbocycles. The van der Waals surface area contributed by atoms with E-state index in [1.165, 1.54) is 19.3 Å². The zero-order valence-electron chi connectivity index (χ0n) is 11.5. The van der Waals surface area contributed by atoms with Crippen LogP contribution in [0.3, 0.4) is 0 Å². The molecule has 1 saturated carbocycles. The Morgan fingerprint density at radius 3 is 2.53 bits per heavy atom. The van der Waals surface area contributed by atoms with Crippen LogP contribution in [0.2, 0.25) is 0 Å². The van der Waals surface area contributed by atoms with Crippen LogP contribution >= 0.6 is 0 Å². The number of aryl methyl sites for hydroxylation is 1. The van der Waals surface area contributed by atoms with Crippen LogP contribution in [0.15, 0.2) is 12.1 Å². The minimum atomic E-state index is -0.817. The number of aromatic hydroxyl groups is 1. The van der Waals surface area contributed by atoms with E-state index in [1.807, 2.05) is 19.1 Å². The predicted octanol–water partition coefficient (Wildman–Crippen LogP) is 3.63. The Bertz CT molecular complexity index is 459. The number of carboxylic acids is 1. The highest BCUT2D eigenvalue weighted by Gasteiger charge is 2.21. The van der Waals surface area contributed by atoms with Crippen LogP contribution in [0, 0.1) is 0 Å². The zero-order chi connectivity index (χ0) is 13.8. The zero-order valence-corrected chi connectivity index (χ0v) is 11.5. The van der Waals surface area contributed by atoms with Crippen molar-refractivity contribution in [2.24, 2.45) is 0 Å². The van der Waals surface area contributed by atoms with Crippen molar-refractivity contribution in [2.75, 3.05) is 0 Å². The van der Waals surface area contributed by atoms with Crippen molar-refractivity contribution in [3.8, 4) is 5.75 Å². The summed E-state index contributed by atoms with van der Waals surface area (Å²) in [6, 6.07) is 3.73. The topological polar surface area (TPSA) is 57.5 Å². The summed E-state index contributed by atoms with van der Waals surface area (Å²) < 4.78 is 0. The van der Waals surface area contributed by atoms with Gasteiger partial charge in [-0.15, -0.1) is 0 Å². The minimum absolute atomic E-state index is 0.0347. The van der Waals surface area contributed by atoms with Crippen LogP contribution in [0.5, 0.6) is 5.75 Å². The average Bonchev–Trinajstić information content (AvgIpc) is 2.41. The summed E-state index contributed by atoms with van der Waals surface area (Å²) in [5.41, 5.74) is 2.65. The van der Waals surface area contributed by atoms with Gasteiger partial charge in [0.2, 0.25) is 0 Å². The molecule has 2 rings (SSSR count). The molecule has 0 saturated heterocycles. The van der Waals surface area contributed by atoms with Gasteiger partial charge in [0, 0.05) is 0 Å². The Hall–Kier alpha value is -1.51. The number of hydrogen-bond donors (Lipinski definition) is 2. The molecule has 19 heavy (non-hydrogen) atoms. The number of benzene rings is 1. The summed E-state index contributed by atoms with van der Waals surface area (Å²) in [5.74, 6) is -0.0290. The molecule has 0 unspecified atom stereocenters. The molecule has 1 aromatic rings. The quantitative estimate of drug-likeness (QED) is 0.871. The first-order valence-corrected chi connectivity index (χ1v) is 7.18. The molecular formula is C16H22O3. The molecule has 0 aromatic heterocycles. The maximum absolute atomic E-state index is 10.9. The molecule has 0 atom stereocenters. The Labute approximate surface area is 114 Å². The third-order valence-electron chi connectivity index (χ3n) is 4.06. The number of aliphatic carboxylic acids is 1. The van der Waals surface area contributed by atoms with Crippen LogP contribution in [-0.4, -0.2) is 16.2 Å². The molecule has 104 valence electrons. The monoisotopic (exact) mass is 262 g/mol. The third-order valence-corrected chi connectivity index (χ3v) is 4.06. The Balaban J connectivity index is 2.36. The fourth-order valence-electron chi connectivity index (χ4n) is 3.06. The van der Waals surface area contributed by atoms with E-state index < -0.39 is 5.97 Å². The summed E-state index contributed by atoms with van der Waals surface area (Å²) in [4.78, 5) is 10.9. The number of hydrogen-bond acceptors (Lipinski definition) is 2. The highest BCUT2D eigenvalue weighted by molar-refractivity contribution is 5.70. The molecule has 3 nitrogen and oxygen atoms in total. The number of phenols is 1. The number of carbonyl (C=O) groups is 1. The van der Waals surface area contributed by atoms with E-state index >= 15 is 0 Å². The first kappa shape index (κ1) is 13.9. The van der Waals surface area contributed by atoms with Crippen LogP contribution in [0.4, 0.5) is 0 Å². The first-order valence-electron chi connectivity index (χ1n) is 7.18. The molecule has 1 aliphatic rings. The van der Waals surface area contributed by atoms with Crippen LogP contribution in [0.25, 0.3) is 0 Å². The lowest BCUT2D eigenvalue weighted by atomic mass is 9.82. The lowest BCUT2D eigenvalue weighted by molar-refractivity contribution is -0.136. The highest BCUT2D eigenvalue weighted by atomic mass is 16.4. The molecule has 0 heterocycles. The molecule has 0 bridgehead atoms. The molecule has 0 spiro atoms. The molecule has 1 aromatic carbocycles. The summed E-state index contributed by atoms with van der Waals surface area (Å²) in [6.45, 7) is 1.99. The fourth-order valence-corrected chi connectivity index (χ4v) is 3.06. The molecule has 1 fully saturated rings. The van der Waals surface area contributed by atoms with Gasteiger partial charge in [0.25, 0.3) is 0 Å².